The molecule has 0 unspecified atom stereocenters. The number of benzene rings is 1. The molecule has 0 spiro atoms. The number of ether oxygens (including phenoxy) is 1. The first-order chi connectivity index (χ1) is 11.0. The number of methoxy groups -OCH3 is 1. The van der Waals surface area contributed by atoms with Crippen molar-refractivity contribution >= 4 is 5.91 Å². The number of hydrogen-bond acceptors (Lipinski definition) is 4. The lowest BCUT2D eigenvalue weighted by Gasteiger charge is -2.12. The zero-order valence-corrected chi connectivity index (χ0v) is 13.0. The maximum Gasteiger partial charge on any atom is 0.282 e. The Morgan fingerprint density at radius 2 is 1.96 bits per heavy atom. The van der Waals surface area contributed by atoms with Crippen molar-refractivity contribution in [3.8, 4) is 5.75 Å². The molecule has 2 rings (SSSR count). The Hall–Kier alpha value is -2.48. The molecule has 0 saturated carbocycles. The summed E-state index contributed by atoms with van der Waals surface area (Å²) in [5.41, 5.74) is 0.0958. The van der Waals surface area contributed by atoms with Crippen LogP contribution < -0.4 is 4.74 Å². The van der Waals surface area contributed by atoms with Gasteiger partial charge in [0.15, 0.2) is 0 Å². The number of alkyl halides is 2. The van der Waals surface area contributed by atoms with Gasteiger partial charge in [0.1, 0.15) is 11.4 Å². The van der Waals surface area contributed by atoms with E-state index >= 15 is 0 Å². The van der Waals surface area contributed by atoms with Crippen molar-refractivity contribution in [3.63, 3.8) is 0 Å². The lowest BCUT2D eigenvalue weighted by atomic mass is 10.2. The minimum absolute atomic E-state index is 0.183. The fraction of sp³-hybridized carbons (Fsp3) is 0.333. The van der Waals surface area contributed by atoms with Crippen LogP contribution in [-0.2, 0) is 11.4 Å². The maximum absolute atomic E-state index is 13.1. The lowest BCUT2D eigenvalue weighted by molar-refractivity contribution is -0.0759. The molecule has 2 aromatic rings. The van der Waals surface area contributed by atoms with Crippen LogP contribution in [0.15, 0.2) is 30.5 Å². The molecule has 0 saturated heterocycles. The van der Waals surface area contributed by atoms with Crippen LogP contribution in [-0.4, -0.2) is 42.0 Å². The van der Waals surface area contributed by atoms with E-state index in [1.54, 1.807) is 31.4 Å². The summed E-state index contributed by atoms with van der Waals surface area (Å²) in [5, 5.41) is 4.69. The molecule has 8 heteroatoms. The maximum atomic E-state index is 13.1. The molecule has 6 nitrogen and oxygen atoms in total. The highest BCUT2D eigenvalue weighted by atomic mass is 19.3. The van der Waals surface area contributed by atoms with Crippen molar-refractivity contribution in [1.82, 2.24) is 14.8 Å². The first-order valence-electron chi connectivity index (χ1n) is 6.76. The largest absolute Gasteiger partial charge is 0.497 e. The molecule has 0 atom stereocenters. The molecule has 1 heterocycles. The molecule has 0 aliphatic heterocycles. The molecule has 0 N–H and O–H groups in total. The molecule has 0 fully saturated rings. The zero-order chi connectivity index (χ0) is 17.0. The number of nitrogens with zero attached hydrogens (tertiary/aromatic N) is 3. The van der Waals surface area contributed by atoms with Crippen LogP contribution in [0.25, 0.3) is 0 Å². The van der Waals surface area contributed by atoms with Gasteiger partial charge in [0, 0.05) is 13.2 Å². The summed E-state index contributed by atoms with van der Waals surface area (Å²) in [5.74, 6) is 0.0175. The van der Waals surface area contributed by atoms with Crippen LogP contribution in [0, 0.1) is 0 Å². The summed E-state index contributed by atoms with van der Waals surface area (Å²) in [4.78, 5) is 16.8. The second-order valence-corrected chi connectivity index (χ2v) is 4.76. The van der Waals surface area contributed by atoms with Crippen molar-refractivity contribution < 1.29 is 23.1 Å². The third kappa shape index (κ3) is 3.84. The van der Waals surface area contributed by atoms with Crippen molar-refractivity contribution in [3.05, 3.63) is 47.3 Å². The second-order valence-electron chi connectivity index (χ2n) is 4.76. The van der Waals surface area contributed by atoms with E-state index in [9.17, 15) is 13.6 Å². The number of rotatable bonds is 6. The summed E-state index contributed by atoms with van der Waals surface area (Å²) in [6.45, 7) is 0.258. The highest BCUT2D eigenvalue weighted by Crippen LogP contribution is 2.23. The Kier molecular flexibility index (Phi) is 5.28. The summed E-state index contributed by atoms with van der Waals surface area (Å²) in [6, 6.07) is 7.12. The quantitative estimate of drug-likeness (QED) is 0.766. The van der Waals surface area contributed by atoms with E-state index < -0.39 is 18.0 Å². The van der Waals surface area contributed by atoms with Crippen LogP contribution in [0.4, 0.5) is 8.78 Å². The number of hydrogen-bond donors (Lipinski definition) is 0. The lowest BCUT2D eigenvalue weighted by Crippen LogP contribution is -2.26. The van der Waals surface area contributed by atoms with E-state index in [0.717, 1.165) is 10.6 Å². The molecule has 0 bridgehead atoms. The third-order valence-electron chi connectivity index (χ3n) is 3.29. The Morgan fingerprint density at radius 3 is 2.48 bits per heavy atom. The summed E-state index contributed by atoms with van der Waals surface area (Å²) >= 11 is 0. The SMILES string of the molecule is COc1ccc(Cn2cc(C(=O)N(C)OC)c(C(F)F)n2)cc1. The van der Waals surface area contributed by atoms with Gasteiger partial charge < -0.3 is 4.74 Å². The summed E-state index contributed by atoms with van der Waals surface area (Å²) in [6.07, 6.45) is -1.56. The van der Waals surface area contributed by atoms with Crippen molar-refractivity contribution in [2.24, 2.45) is 0 Å². The van der Waals surface area contributed by atoms with E-state index in [-0.39, 0.29) is 12.1 Å². The van der Waals surface area contributed by atoms with Crippen molar-refractivity contribution in [1.29, 1.82) is 0 Å². The number of carbonyl (C=O) groups excluding carboxylic acids is 1. The molecule has 1 aromatic carbocycles. The Morgan fingerprint density at radius 1 is 1.30 bits per heavy atom. The average molecular weight is 325 g/mol. The molecule has 0 radical (unpaired) electrons. The third-order valence-corrected chi connectivity index (χ3v) is 3.29. The van der Waals surface area contributed by atoms with Crippen LogP contribution in [0.1, 0.15) is 28.0 Å². The van der Waals surface area contributed by atoms with Crippen LogP contribution >= 0.6 is 0 Å². The van der Waals surface area contributed by atoms with Gasteiger partial charge in [-0.2, -0.15) is 5.10 Å². The van der Waals surface area contributed by atoms with Crippen LogP contribution in [0.2, 0.25) is 0 Å². The first kappa shape index (κ1) is 16.9. The normalized spacial score (nSPS) is 10.9. The van der Waals surface area contributed by atoms with Gasteiger partial charge in [-0.1, -0.05) is 12.1 Å². The molecular weight excluding hydrogens is 308 g/mol. The van der Waals surface area contributed by atoms with Gasteiger partial charge >= 0.3 is 0 Å². The van der Waals surface area contributed by atoms with Gasteiger partial charge in [-0.3, -0.25) is 14.3 Å². The van der Waals surface area contributed by atoms with Gasteiger partial charge in [0.2, 0.25) is 0 Å². The van der Waals surface area contributed by atoms with E-state index in [0.29, 0.717) is 5.75 Å². The Bertz CT molecular complexity index is 671. The minimum Gasteiger partial charge on any atom is -0.497 e. The fourth-order valence-electron chi connectivity index (χ4n) is 2.01. The average Bonchev–Trinajstić information content (AvgIpc) is 2.98. The topological polar surface area (TPSA) is 56.6 Å². The molecule has 124 valence electrons. The Balaban J connectivity index is 2.27. The van der Waals surface area contributed by atoms with Gasteiger partial charge in [0.25, 0.3) is 12.3 Å². The van der Waals surface area contributed by atoms with E-state index in [1.807, 2.05) is 0 Å². The van der Waals surface area contributed by atoms with E-state index in [1.165, 1.54) is 25.0 Å². The van der Waals surface area contributed by atoms with Gasteiger partial charge in [-0.05, 0) is 17.7 Å². The Labute approximate surface area is 132 Å². The summed E-state index contributed by atoms with van der Waals surface area (Å²) in [7, 11) is 4.18. The van der Waals surface area contributed by atoms with E-state index in [2.05, 4.69) is 5.10 Å². The zero-order valence-electron chi connectivity index (χ0n) is 13.0. The van der Waals surface area contributed by atoms with Gasteiger partial charge in [-0.25, -0.2) is 13.8 Å². The molecule has 1 amide bonds. The fourth-order valence-corrected chi connectivity index (χ4v) is 2.01. The van der Waals surface area contributed by atoms with Crippen LogP contribution in [0.5, 0.6) is 5.75 Å². The highest BCUT2D eigenvalue weighted by molar-refractivity contribution is 5.94. The molecule has 0 aliphatic rings. The van der Waals surface area contributed by atoms with Gasteiger partial charge in [0.05, 0.1) is 26.3 Å². The van der Waals surface area contributed by atoms with Crippen LogP contribution in [0.3, 0.4) is 0 Å². The predicted molar refractivity (Wildman–Crippen MR) is 78.4 cm³/mol. The number of halogens is 2. The number of amides is 1. The number of aromatic nitrogens is 2. The smallest absolute Gasteiger partial charge is 0.282 e. The van der Waals surface area contributed by atoms with Gasteiger partial charge in [-0.15, -0.1) is 0 Å². The first-order valence-corrected chi connectivity index (χ1v) is 6.76. The van der Waals surface area contributed by atoms with E-state index in [4.69, 9.17) is 9.57 Å². The number of carbonyl (C=O) groups is 1. The predicted octanol–water partition coefficient (Wildman–Crippen LogP) is 2.51. The second kappa shape index (κ2) is 7.19. The molecular formula is C15H17F2N3O3. The standard InChI is InChI=1S/C15H17F2N3O3/c1-19(23-3)15(21)12-9-20(18-13(12)14(16)17)8-10-4-6-11(22-2)7-5-10/h4-7,9,14H,8H2,1-3H3. The minimum atomic E-state index is -2.85. The van der Waals surface area contributed by atoms with Crippen molar-refractivity contribution in [2.75, 3.05) is 21.3 Å². The number of hydroxylamine groups is 2. The highest BCUT2D eigenvalue weighted by Gasteiger charge is 2.25. The monoisotopic (exact) mass is 325 g/mol. The molecule has 0 aliphatic carbocycles. The van der Waals surface area contributed by atoms with Crippen molar-refractivity contribution in [2.45, 2.75) is 13.0 Å². The molecule has 23 heavy (non-hydrogen) atoms. The summed E-state index contributed by atoms with van der Waals surface area (Å²) < 4.78 is 32.6. The molecule has 1 aromatic heterocycles.